The van der Waals surface area contributed by atoms with Crippen molar-refractivity contribution in [1.29, 1.82) is 0 Å². The van der Waals surface area contributed by atoms with Crippen molar-refractivity contribution in [2.45, 2.75) is 51.7 Å². The minimum atomic E-state index is 0.190. The Labute approximate surface area is 133 Å². The Balaban J connectivity index is 2.20. The molecule has 1 aliphatic rings. The lowest BCUT2D eigenvalue weighted by Crippen LogP contribution is -2.40. The molecule has 2 unspecified atom stereocenters. The molecule has 21 heavy (non-hydrogen) atoms. The van der Waals surface area contributed by atoms with Crippen molar-refractivity contribution in [2.24, 2.45) is 5.73 Å². The molecule has 0 aliphatic carbocycles. The third-order valence-electron chi connectivity index (χ3n) is 4.17. The Bertz CT molecular complexity index is 450. The lowest BCUT2D eigenvalue weighted by atomic mass is 10.00. The van der Waals surface area contributed by atoms with Gasteiger partial charge in [0, 0.05) is 25.7 Å². The fourth-order valence-corrected chi connectivity index (χ4v) is 3.33. The predicted octanol–water partition coefficient (Wildman–Crippen LogP) is 3.63. The molecular formula is C17H27ClN2O. The quantitative estimate of drug-likeness (QED) is 0.872. The molecule has 0 aromatic heterocycles. The van der Waals surface area contributed by atoms with Crippen LogP contribution in [0.2, 0.25) is 5.02 Å². The average Bonchev–Trinajstić information content (AvgIpc) is 2.48. The number of hydrogen-bond donors (Lipinski definition) is 1. The fraction of sp³-hybridized carbons (Fsp3) is 0.647. The van der Waals surface area contributed by atoms with Crippen LogP contribution in [-0.4, -0.2) is 31.8 Å². The van der Waals surface area contributed by atoms with Crippen LogP contribution in [0.4, 0.5) is 5.69 Å². The summed E-state index contributed by atoms with van der Waals surface area (Å²) < 4.78 is 5.81. The lowest BCUT2D eigenvalue weighted by Gasteiger charge is -2.36. The second-order valence-electron chi connectivity index (χ2n) is 5.79. The van der Waals surface area contributed by atoms with Gasteiger partial charge in [0.1, 0.15) is 0 Å². The molecule has 1 saturated heterocycles. The van der Waals surface area contributed by atoms with Crippen molar-refractivity contribution in [2.75, 3.05) is 24.6 Å². The van der Waals surface area contributed by atoms with Crippen LogP contribution < -0.4 is 10.6 Å². The number of hydrogen-bond acceptors (Lipinski definition) is 3. The van der Waals surface area contributed by atoms with Crippen LogP contribution >= 0.6 is 11.6 Å². The van der Waals surface area contributed by atoms with E-state index in [0.29, 0.717) is 6.10 Å². The second-order valence-corrected chi connectivity index (χ2v) is 6.19. The van der Waals surface area contributed by atoms with Gasteiger partial charge in [-0.1, -0.05) is 30.7 Å². The molecule has 1 fully saturated rings. The summed E-state index contributed by atoms with van der Waals surface area (Å²) >= 11 is 6.49. The van der Waals surface area contributed by atoms with Gasteiger partial charge in [0.2, 0.25) is 0 Å². The van der Waals surface area contributed by atoms with Gasteiger partial charge in [0.25, 0.3) is 0 Å². The summed E-state index contributed by atoms with van der Waals surface area (Å²) in [5.74, 6) is 0. The van der Waals surface area contributed by atoms with Gasteiger partial charge in [0.15, 0.2) is 0 Å². The molecule has 0 amide bonds. The van der Waals surface area contributed by atoms with Crippen molar-refractivity contribution in [3.8, 4) is 0 Å². The smallest absolute Gasteiger partial charge is 0.0750 e. The van der Waals surface area contributed by atoms with E-state index >= 15 is 0 Å². The number of nitrogens with two attached hydrogens (primary N) is 1. The zero-order valence-electron chi connectivity index (χ0n) is 13.1. The van der Waals surface area contributed by atoms with E-state index in [4.69, 9.17) is 22.1 Å². The summed E-state index contributed by atoms with van der Waals surface area (Å²) in [7, 11) is 0. The van der Waals surface area contributed by atoms with E-state index in [-0.39, 0.29) is 6.04 Å². The topological polar surface area (TPSA) is 38.5 Å². The first-order valence-electron chi connectivity index (χ1n) is 8.05. The molecule has 0 spiro atoms. The van der Waals surface area contributed by atoms with E-state index in [1.807, 2.05) is 12.1 Å². The molecule has 3 nitrogen and oxygen atoms in total. The summed E-state index contributed by atoms with van der Waals surface area (Å²) in [4.78, 5) is 2.38. The van der Waals surface area contributed by atoms with Gasteiger partial charge < -0.3 is 15.4 Å². The molecule has 0 bridgehead atoms. The summed E-state index contributed by atoms with van der Waals surface area (Å²) in [6, 6.07) is 6.34. The molecule has 1 aliphatic heterocycles. The molecule has 0 saturated carbocycles. The molecule has 2 N–H and O–H groups in total. The van der Waals surface area contributed by atoms with Crippen molar-refractivity contribution in [3.05, 3.63) is 28.8 Å². The predicted molar refractivity (Wildman–Crippen MR) is 90.3 cm³/mol. The van der Waals surface area contributed by atoms with Crippen LogP contribution in [0.3, 0.4) is 0 Å². The highest BCUT2D eigenvalue weighted by molar-refractivity contribution is 6.33. The van der Waals surface area contributed by atoms with Gasteiger partial charge in [0.05, 0.1) is 16.8 Å². The SMILES string of the molecule is CCOC1CCCN(c2c(Cl)cccc2CC(N)CC)C1. The maximum absolute atomic E-state index is 6.49. The lowest BCUT2D eigenvalue weighted by molar-refractivity contribution is 0.0526. The van der Waals surface area contributed by atoms with Gasteiger partial charge in [-0.05, 0) is 44.2 Å². The zero-order chi connectivity index (χ0) is 15.2. The van der Waals surface area contributed by atoms with Crippen LogP contribution in [0.25, 0.3) is 0 Å². The number of ether oxygens (including phenoxy) is 1. The maximum atomic E-state index is 6.49. The highest BCUT2D eigenvalue weighted by Crippen LogP contribution is 2.33. The molecule has 1 aromatic rings. The van der Waals surface area contributed by atoms with Gasteiger partial charge >= 0.3 is 0 Å². The standard InChI is InChI=1S/C17H27ClN2O/c1-3-14(19)11-13-7-5-9-16(18)17(13)20-10-6-8-15(12-20)21-4-2/h5,7,9,14-15H,3-4,6,8,10-12,19H2,1-2H3. The van der Waals surface area contributed by atoms with Crippen LogP contribution in [0, 0.1) is 0 Å². The summed E-state index contributed by atoms with van der Waals surface area (Å²) in [5, 5.41) is 0.827. The van der Waals surface area contributed by atoms with Crippen LogP contribution in [0.15, 0.2) is 18.2 Å². The first-order chi connectivity index (χ1) is 10.2. The highest BCUT2D eigenvalue weighted by Gasteiger charge is 2.24. The Morgan fingerprint density at radius 3 is 2.95 bits per heavy atom. The third kappa shape index (κ3) is 4.35. The van der Waals surface area contributed by atoms with Crippen LogP contribution in [-0.2, 0) is 11.2 Å². The molecular weight excluding hydrogens is 284 g/mol. The van der Waals surface area contributed by atoms with E-state index in [1.54, 1.807) is 0 Å². The van der Waals surface area contributed by atoms with Gasteiger partial charge in [-0.25, -0.2) is 0 Å². The maximum Gasteiger partial charge on any atom is 0.0750 e. The van der Waals surface area contributed by atoms with Gasteiger partial charge in [-0.2, -0.15) is 0 Å². The van der Waals surface area contributed by atoms with Crippen LogP contribution in [0.1, 0.15) is 38.7 Å². The summed E-state index contributed by atoms with van der Waals surface area (Å²) in [6.45, 7) is 6.92. The average molecular weight is 311 g/mol. The van der Waals surface area contributed by atoms with Crippen molar-refractivity contribution >= 4 is 17.3 Å². The van der Waals surface area contributed by atoms with E-state index in [1.165, 1.54) is 5.56 Å². The largest absolute Gasteiger partial charge is 0.377 e. The van der Waals surface area contributed by atoms with E-state index in [2.05, 4.69) is 24.8 Å². The zero-order valence-corrected chi connectivity index (χ0v) is 13.9. The van der Waals surface area contributed by atoms with Crippen LogP contribution in [0.5, 0.6) is 0 Å². The minimum Gasteiger partial charge on any atom is -0.377 e. The Morgan fingerprint density at radius 1 is 1.43 bits per heavy atom. The van der Waals surface area contributed by atoms with E-state index in [0.717, 1.165) is 56.1 Å². The Kier molecular flexibility index (Phi) is 6.34. The monoisotopic (exact) mass is 310 g/mol. The summed E-state index contributed by atoms with van der Waals surface area (Å²) in [5.41, 5.74) is 8.56. The molecule has 2 rings (SSSR count). The number of nitrogens with zero attached hydrogens (tertiary/aromatic N) is 1. The van der Waals surface area contributed by atoms with E-state index in [9.17, 15) is 0 Å². The second kappa shape index (κ2) is 8.02. The Hall–Kier alpha value is -0.770. The number of para-hydroxylation sites is 1. The molecule has 2 atom stereocenters. The highest BCUT2D eigenvalue weighted by atomic mass is 35.5. The normalized spacial score (nSPS) is 20.6. The third-order valence-corrected chi connectivity index (χ3v) is 4.48. The number of halogens is 1. The number of piperidine rings is 1. The molecule has 1 aromatic carbocycles. The number of anilines is 1. The van der Waals surface area contributed by atoms with Crippen molar-refractivity contribution in [3.63, 3.8) is 0 Å². The minimum absolute atomic E-state index is 0.190. The fourth-order valence-electron chi connectivity index (χ4n) is 3.02. The van der Waals surface area contributed by atoms with Crippen molar-refractivity contribution in [1.82, 2.24) is 0 Å². The van der Waals surface area contributed by atoms with Gasteiger partial charge in [-0.3, -0.25) is 0 Å². The number of benzene rings is 1. The molecule has 118 valence electrons. The first-order valence-corrected chi connectivity index (χ1v) is 8.43. The number of rotatable bonds is 6. The van der Waals surface area contributed by atoms with E-state index < -0.39 is 0 Å². The first kappa shape index (κ1) is 16.6. The molecule has 0 radical (unpaired) electrons. The van der Waals surface area contributed by atoms with Gasteiger partial charge in [-0.15, -0.1) is 0 Å². The summed E-state index contributed by atoms with van der Waals surface area (Å²) in [6.07, 6.45) is 4.46. The molecule has 1 heterocycles. The Morgan fingerprint density at radius 2 is 2.24 bits per heavy atom. The van der Waals surface area contributed by atoms with Crippen molar-refractivity contribution < 1.29 is 4.74 Å². The molecule has 4 heteroatoms.